The molecule has 1 saturated heterocycles. The largest absolute Gasteiger partial charge is 0.381 e. The van der Waals surface area contributed by atoms with Crippen LogP contribution in [0.3, 0.4) is 0 Å². The van der Waals surface area contributed by atoms with E-state index in [1.54, 1.807) is 0 Å². The molecule has 6 nitrogen and oxygen atoms in total. The van der Waals surface area contributed by atoms with Crippen molar-refractivity contribution in [1.82, 2.24) is 15.5 Å². The SMILES string of the molecule is CCNC(=NCC(C)(C)N1CCOCC1)NCCCOCCc1ccccc1. The Kier molecular flexibility index (Phi) is 10.3. The highest BCUT2D eigenvalue weighted by Crippen LogP contribution is 2.16. The first-order valence-electron chi connectivity index (χ1n) is 10.6. The molecule has 0 unspecified atom stereocenters. The molecular weight excluding hydrogens is 352 g/mol. The Bertz CT molecular complexity index is 557. The zero-order valence-electron chi connectivity index (χ0n) is 17.9. The summed E-state index contributed by atoms with van der Waals surface area (Å²) in [4.78, 5) is 7.27. The minimum atomic E-state index is 0.0344. The zero-order chi connectivity index (χ0) is 20.1. The van der Waals surface area contributed by atoms with E-state index in [-0.39, 0.29) is 5.54 Å². The summed E-state index contributed by atoms with van der Waals surface area (Å²) in [6, 6.07) is 10.5. The van der Waals surface area contributed by atoms with E-state index in [2.05, 4.69) is 60.6 Å². The quantitative estimate of drug-likeness (QED) is 0.345. The van der Waals surface area contributed by atoms with Crippen LogP contribution in [-0.4, -0.2) is 75.5 Å². The molecule has 1 aliphatic rings. The number of hydrogen-bond donors (Lipinski definition) is 2. The third-order valence-electron chi connectivity index (χ3n) is 4.97. The van der Waals surface area contributed by atoms with Gasteiger partial charge in [0.1, 0.15) is 0 Å². The second-order valence-corrected chi connectivity index (χ2v) is 7.74. The fraction of sp³-hybridized carbons (Fsp3) is 0.682. The van der Waals surface area contributed by atoms with E-state index in [4.69, 9.17) is 14.5 Å². The first-order chi connectivity index (χ1) is 13.6. The molecule has 1 aliphatic heterocycles. The predicted octanol–water partition coefficient (Wildman–Crippen LogP) is 2.30. The highest BCUT2D eigenvalue weighted by atomic mass is 16.5. The van der Waals surface area contributed by atoms with Gasteiger partial charge in [0.2, 0.25) is 0 Å². The lowest BCUT2D eigenvalue weighted by atomic mass is 10.0. The number of nitrogens with one attached hydrogen (secondary N) is 2. The Balaban J connectivity index is 1.63. The van der Waals surface area contributed by atoms with Crippen LogP contribution >= 0.6 is 0 Å². The van der Waals surface area contributed by atoms with Gasteiger partial charge in [0.05, 0.1) is 26.4 Å². The van der Waals surface area contributed by atoms with Crippen LogP contribution in [0.4, 0.5) is 0 Å². The third kappa shape index (κ3) is 8.59. The molecule has 6 heteroatoms. The standard InChI is InChI=1S/C22H38N4O2/c1-4-23-21(25-19-22(2,3)26-13-17-28-18-14-26)24-12-8-15-27-16-11-20-9-6-5-7-10-20/h5-7,9-10H,4,8,11-19H2,1-3H3,(H2,23,24,25). The number of hydrogen-bond acceptors (Lipinski definition) is 4. The summed E-state index contributed by atoms with van der Waals surface area (Å²) in [6.45, 7) is 14.2. The lowest BCUT2D eigenvalue weighted by Crippen LogP contribution is -2.52. The van der Waals surface area contributed by atoms with Crippen LogP contribution in [0.25, 0.3) is 0 Å². The average Bonchev–Trinajstić information content (AvgIpc) is 2.72. The van der Waals surface area contributed by atoms with Crippen molar-refractivity contribution in [3.05, 3.63) is 35.9 Å². The molecule has 0 amide bonds. The maximum atomic E-state index is 5.75. The molecule has 1 aromatic carbocycles. The Hall–Kier alpha value is -1.63. The Morgan fingerprint density at radius 1 is 1.14 bits per heavy atom. The highest BCUT2D eigenvalue weighted by Gasteiger charge is 2.28. The number of rotatable bonds is 11. The van der Waals surface area contributed by atoms with Crippen LogP contribution in [0.5, 0.6) is 0 Å². The average molecular weight is 391 g/mol. The van der Waals surface area contributed by atoms with Gasteiger partial charge in [-0.2, -0.15) is 0 Å². The minimum Gasteiger partial charge on any atom is -0.381 e. The molecule has 0 radical (unpaired) electrons. The summed E-state index contributed by atoms with van der Waals surface area (Å²) in [7, 11) is 0. The van der Waals surface area contributed by atoms with Crippen LogP contribution in [0.1, 0.15) is 32.8 Å². The van der Waals surface area contributed by atoms with Crippen molar-refractivity contribution in [1.29, 1.82) is 0 Å². The lowest BCUT2D eigenvalue weighted by Gasteiger charge is -2.39. The Morgan fingerprint density at radius 3 is 2.61 bits per heavy atom. The van der Waals surface area contributed by atoms with Gasteiger partial charge in [-0.05, 0) is 39.2 Å². The second-order valence-electron chi connectivity index (χ2n) is 7.74. The fourth-order valence-corrected chi connectivity index (χ4v) is 3.20. The van der Waals surface area contributed by atoms with Crippen LogP contribution in [-0.2, 0) is 15.9 Å². The molecular formula is C22H38N4O2. The maximum Gasteiger partial charge on any atom is 0.191 e. The van der Waals surface area contributed by atoms with Crippen molar-refractivity contribution in [2.75, 3.05) is 59.2 Å². The maximum absolute atomic E-state index is 5.75. The van der Waals surface area contributed by atoms with Gasteiger partial charge < -0.3 is 20.1 Å². The van der Waals surface area contributed by atoms with Crippen molar-refractivity contribution in [2.45, 2.75) is 39.2 Å². The predicted molar refractivity (Wildman–Crippen MR) is 116 cm³/mol. The van der Waals surface area contributed by atoms with Crippen molar-refractivity contribution < 1.29 is 9.47 Å². The van der Waals surface area contributed by atoms with Gasteiger partial charge in [-0.25, -0.2) is 0 Å². The van der Waals surface area contributed by atoms with Gasteiger partial charge in [0, 0.05) is 38.3 Å². The van der Waals surface area contributed by atoms with Crippen molar-refractivity contribution in [3.63, 3.8) is 0 Å². The zero-order valence-corrected chi connectivity index (χ0v) is 17.9. The molecule has 2 rings (SSSR count). The Labute approximate surface area is 170 Å². The van der Waals surface area contributed by atoms with Crippen molar-refractivity contribution >= 4 is 5.96 Å². The monoisotopic (exact) mass is 390 g/mol. The van der Waals surface area contributed by atoms with Crippen LogP contribution in [0, 0.1) is 0 Å². The van der Waals surface area contributed by atoms with Crippen molar-refractivity contribution in [3.8, 4) is 0 Å². The van der Waals surface area contributed by atoms with E-state index < -0.39 is 0 Å². The van der Waals surface area contributed by atoms with E-state index in [1.807, 2.05) is 6.07 Å². The smallest absolute Gasteiger partial charge is 0.191 e. The molecule has 0 atom stereocenters. The van der Waals surface area contributed by atoms with Crippen LogP contribution in [0.2, 0.25) is 0 Å². The molecule has 0 spiro atoms. The van der Waals surface area contributed by atoms with E-state index >= 15 is 0 Å². The third-order valence-corrected chi connectivity index (χ3v) is 4.97. The minimum absolute atomic E-state index is 0.0344. The highest BCUT2D eigenvalue weighted by molar-refractivity contribution is 5.79. The molecule has 158 valence electrons. The van der Waals surface area contributed by atoms with E-state index in [9.17, 15) is 0 Å². The van der Waals surface area contributed by atoms with Gasteiger partial charge in [0.25, 0.3) is 0 Å². The normalized spacial score (nSPS) is 16.2. The first kappa shape index (κ1) is 22.7. The summed E-state index contributed by atoms with van der Waals surface area (Å²) in [6.07, 6.45) is 1.93. The number of guanidine groups is 1. The summed E-state index contributed by atoms with van der Waals surface area (Å²) >= 11 is 0. The van der Waals surface area contributed by atoms with Gasteiger partial charge in [-0.1, -0.05) is 30.3 Å². The van der Waals surface area contributed by atoms with E-state index in [0.29, 0.717) is 0 Å². The summed E-state index contributed by atoms with van der Waals surface area (Å²) in [5.74, 6) is 0.883. The van der Waals surface area contributed by atoms with Gasteiger partial charge in [-0.15, -0.1) is 0 Å². The van der Waals surface area contributed by atoms with Gasteiger partial charge in [0.15, 0.2) is 5.96 Å². The molecule has 28 heavy (non-hydrogen) atoms. The molecule has 2 N–H and O–H groups in total. The van der Waals surface area contributed by atoms with Gasteiger partial charge >= 0.3 is 0 Å². The fourth-order valence-electron chi connectivity index (χ4n) is 3.20. The number of ether oxygens (including phenoxy) is 2. The van der Waals surface area contributed by atoms with Crippen molar-refractivity contribution in [2.24, 2.45) is 4.99 Å². The topological polar surface area (TPSA) is 58.1 Å². The molecule has 1 aromatic rings. The molecule has 1 fully saturated rings. The molecule has 0 bridgehead atoms. The number of aliphatic imine (C=N–C) groups is 1. The lowest BCUT2D eigenvalue weighted by molar-refractivity contribution is -0.00683. The molecule has 0 saturated carbocycles. The van der Waals surface area contributed by atoms with Crippen LogP contribution in [0.15, 0.2) is 35.3 Å². The Morgan fingerprint density at radius 2 is 1.89 bits per heavy atom. The van der Waals surface area contributed by atoms with E-state index in [1.165, 1.54) is 5.56 Å². The first-order valence-corrected chi connectivity index (χ1v) is 10.6. The number of benzene rings is 1. The van der Waals surface area contributed by atoms with E-state index in [0.717, 1.165) is 78.0 Å². The number of morpholine rings is 1. The summed E-state index contributed by atoms with van der Waals surface area (Å²) < 4.78 is 11.2. The van der Waals surface area contributed by atoms with Crippen LogP contribution < -0.4 is 10.6 Å². The summed E-state index contributed by atoms with van der Waals surface area (Å²) in [5, 5.41) is 6.76. The molecule has 1 heterocycles. The number of nitrogens with zero attached hydrogens (tertiary/aromatic N) is 2. The second kappa shape index (κ2) is 12.8. The molecule has 0 aliphatic carbocycles. The summed E-state index contributed by atoms with van der Waals surface area (Å²) in [5.41, 5.74) is 1.36. The molecule has 0 aromatic heterocycles. The van der Waals surface area contributed by atoms with Gasteiger partial charge in [-0.3, -0.25) is 9.89 Å².